The predicted octanol–water partition coefficient (Wildman–Crippen LogP) is 1.04. The van der Waals surface area contributed by atoms with Gasteiger partial charge in [-0.3, -0.25) is 9.69 Å². The maximum atomic E-state index is 12.9. The summed E-state index contributed by atoms with van der Waals surface area (Å²) in [4.78, 5) is 26.7. The number of hydrogen-bond acceptors (Lipinski definition) is 6. The quantitative estimate of drug-likeness (QED) is 0.822. The van der Waals surface area contributed by atoms with Gasteiger partial charge in [-0.1, -0.05) is 0 Å². The van der Waals surface area contributed by atoms with Crippen LogP contribution < -0.4 is 0 Å². The highest BCUT2D eigenvalue weighted by molar-refractivity contribution is 5.72. The molecule has 1 aromatic rings. The van der Waals surface area contributed by atoms with E-state index in [1.165, 1.54) is 12.0 Å². The molecule has 1 saturated heterocycles. The Morgan fingerprint density at radius 1 is 1.26 bits per heavy atom. The zero-order valence-electron chi connectivity index (χ0n) is 14.6. The lowest BCUT2D eigenvalue weighted by molar-refractivity contribution is -0.148. The van der Waals surface area contributed by atoms with Crippen LogP contribution in [0.2, 0.25) is 0 Å². The Balaban J connectivity index is 1.72. The summed E-state index contributed by atoms with van der Waals surface area (Å²) in [5, 5.41) is 16.1. The van der Waals surface area contributed by atoms with E-state index < -0.39 is 36.0 Å². The third kappa shape index (κ3) is 3.99. The molecule has 2 atom stereocenters. The summed E-state index contributed by atoms with van der Waals surface area (Å²) in [6.45, 7) is 1.12. The number of carbonyl (C=O) groups is 2. The molecular formula is C15H20F3N5O4. The van der Waals surface area contributed by atoms with Crippen molar-refractivity contribution in [2.24, 2.45) is 5.92 Å². The topological polar surface area (TPSA) is 101 Å². The van der Waals surface area contributed by atoms with Crippen LogP contribution in [0, 0.1) is 5.92 Å². The summed E-state index contributed by atoms with van der Waals surface area (Å²) in [5.41, 5.74) is 0. The lowest BCUT2D eigenvalue weighted by atomic mass is 9.90. The van der Waals surface area contributed by atoms with Crippen LogP contribution in [0.4, 0.5) is 18.0 Å². The summed E-state index contributed by atoms with van der Waals surface area (Å²) in [6.07, 6.45) is -4.50. The van der Waals surface area contributed by atoms with Crippen LogP contribution in [0.1, 0.15) is 24.5 Å². The number of aliphatic carboxylic acids is 1. The van der Waals surface area contributed by atoms with Crippen molar-refractivity contribution < 1.29 is 32.6 Å². The smallest absolute Gasteiger partial charge is 0.451 e. The van der Waals surface area contributed by atoms with E-state index in [-0.39, 0.29) is 31.9 Å². The molecule has 12 heteroatoms. The van der Waals surface area contributed by atoms with Crippen LogP contribution in [0.5, 0.6) is 0 Å². The van der Waals surface area contributed by atoms with E-state index in [9.17, 15) is 27.9 Å². The van der Waals surface area contributed by atoms with E-state index >= 15 is 0 Å². The Kier molecular flexibility index (Phi) is 5.27. The van der Waals surface area contributed by atoms with Crippen molar-refractivity contribution >= 4 is 12.1 Å². The van der Waals surface area contributed by atoms with E-state index in [1.54, 1.807) is 0 Å². The van der Waals surface area contributed by atoms with Crippen molar-refractivity contribution in [3.8, 4) is 0 Å². The average Bonchev–Trinajstić information content (AvgIpc) is 3.04. The Morgan fingerprint density at radius 3 is 2.63 bits per heavy atom. The zero-order valence-corrected chi connectivity index (χ0v) is 14.6. The molecule has 3 heterocycles. The fourth-order valence-corrected chi connectivity index (χ4v) is 3.68. The normalized spacial score (nSPS) is 23.8. The largest absolute Gasteiger partial charge is 0.481 e. The van der Waals surface area contributed by atoms with Crippen molar-refractivity contribution in [3.05, 3.63) is 11.6 Å². The Hall–Kier alpha value is -2.37. The minimum absolute atomic E-state index is 0.0739. The monoisotopic (exact) mass is 391 g/mol. The molecule has 0 aromatic carbocycles. The van der Waals surface area contributed by atoms with Crippen molar-refractivity contribution in [1.82, 2.24) is 24.6 Å². The van der Waals surface area contributed by atoms with E-state index in [0.29, 0.717) is 19.5 Å². The maximum Gasteiger partial charge on any atom is 0.451 e. The Morgan fingerprint density at radius 2 is 2.00 bits per heavy atom. The van der Waals surface area contributed by atoms with Gasteiger partial charge in [0.25, 0.3) is 0 Å². The van der Waals surface area contributed by atoms with Gasteiger partial charge in [0.1, 0.15) is 5.82 Å². The Labute approximate surface area is 152 Å². The first-order valence-corrected chi connectivity index (χ1v) is 8.49. The zero-order chi connectivity index (χ0) is 19.8. The van der Waals surface area contributed by atoms with Gasteiger partial charge in [0.15, 0.2) is 0 Å². The third-order valence-corrected chi connectivity index (χ3v) is 5.03. The van der Waals surface area contributed by atoms with Gasteiger partial charge in [0.05, 0.1) is 19.6 Å². The van der Waals surface area contributed by atoms with Gasteiger partial charge in [-0.25, -0.2) is 4.79 Å². The second-order valence-corrected chi connectivity index (χ2v) is 6.70. The molecule has 0 bridgehead atoms. The Bertz CT molecular complexity index is 723. The molecule has 150 valence electrons. The summed E-state index contributed by atoms with van der Waals surface area (Å²) >= 11 is 0. The third-order valence-electron chi connectivity index (χ3n) is 5.03. The maximum absolute atomic E-state index is 12.9. The first kappa shape index (κ1) is 19.4. The van der Waals surface area contributed by atoms with Crippen LogP contribution in [0.3, 0.4) is 0 Å². The molecule has 27 heavy (non-hydrogen) atoms. The first-order valence-electron chi connectivity index (χ1n) is 8.49. The molecule has 0 unspecified atom stereocenters. The second-order valence-electron chi connectivity index (χ2n) is 6.70. The number of hydrogen-bond donors (Lipinski definition) is 1. The number of carboxylic acid groups (broad SMARTS) is 1. The fraction of sp³-hybridized carbons (Fsp3) is 0.733. The fourth-order valence-electron chi connectivity index (χ4n) is 3.68. The molecule has 2 aliphatic heterocycles. The molecular weight excluding hydrogens is 371 g/mol. The number of alkyl halides is 3. The summed E-state index contributed by atoms with van der Waals surface area (Å²) in [7, 11) is 1.25. The average molecular weight is 391 g/mol. The number of carbonyl (C=O) groups excluding carboxylic acids is 1. The van der Waals surface area contributed by atoms with Gasteiger partial charge in [-0.15, -0.1) is 10.2 Å². The van der Waals surface area contributed by atoms with Crippen LogP contribution >= 0.6 is 0 Å². The SMILES string of the molecule is COC(=O)N1CC[C@@H](C(=O)O)C[C@@H]1CN1CCn2c(nnc2C(F)(F)F)C1. The number of methoxy groups -OCH3 is 1. The van der Waals surface area contributed by atoms with E-state index in [4.69, 9.17) is 4.74 Å². The summed E-state index contributed by atoms with van der Waals surface area (Å²) in [6, 6.07) is -0.399. The number of aromatic nitrogens is 3. The van der Waals surface area contributed by atoms with Gasteiger partial charge in [-0.05, 0) is 12.8 Å². The van der Waals surface area contributed by atoms with Crippen molar-refractivity contribution in [2.75, 3.05) is 26.7 Å². The first-order chi connectivity index (χ1) is 12.7. The lowest BCUT2D eigenvalue weighted by Gasteiger charge is -2.40. The molecule has 1 fully saturated rings. The highest BCUT2D eigenvalue weighted by Gasteiger charge is 2.41. The number of ether oxygens (including phenoxy) is 1. The lowest BCUT2D eigenvalue weighted by Crippen LogP contribution is -2.53. The van der Waals surface area contributed by atoms with Crippen LogP contribution in [0.25, 0.3) is 0 Å². The summed E-state index contributed by atoms with van der Waals surface area (Å²) < 4.78 is 44.6. The van der Waals surface area contributed by atoms with Crippen LogP contribution in [-0.4, -0.2) is 74.5 Å². The van der Waals surface area contributed by atoms with Crippen molar-refractivity contribution in [3.63, 3.8) is 0 Å². The van der Waals surface area contributed by atoms with Crippen molar-refractivity contribution in [2.45, 2.75) is 38.1 Å². The molecule has 0 saturated carbocycles. The van der Waals surface area contributed by atoms with E-state index in [1.807, 2.05) is 4.90 Å². The van der Waals surface area contributed by atoms with Gasteiger partial charge in [-0.2, -0.15) is 13.2 Å². The van der Waals surface area contributed by atoms with Gasteiger partial charge in [0, 0.05) is 32.2 Å². The number of halogens is 3. The number of amides is 1. The number of carboxylic acids is 1. The number of piperidine rings is 1. The van der Waals surface area contributed by atoms with E-state index in [0.717, 1.165) is 4.57 Å². The van der Waals surface area contributed by atoms with E-state index in [2.05, 4.69) is 10.2 Å². The van der Waals surface area contributed by atoms with Gasteiger partial charge in [0.2, 0.25) is 5.82 Å². The molecule has 2 aliphatic rings. The van der Waals surface area contributed by atoms with Crippen LogP contribution in [-0.2, 0) is 28.8 Å². The molecule has 3 rings (SSSR count). The van der Waals surface area contributed by atoms with Gasteiger partial charge < -0.3 is 19.3 Å². The predicted molar refractivity (Wildman–Crippen MR) is 83.6 cm³/mol. The van der Waals surface area contributed by atoms with Crippen molar-refractivity contribution in [1.29, 1.82) is 0 Å². The van der Waals surface area contributed by atoms with Gasteiger partial charge >= 0.3 is 18.2 Å². The number of nitrogens with zero attached hydrogens (tertiary/aromatic N) is 5. The molecule has 1 aromatic heterocycles. The van der Waals surface area contributed by atoms with Crippen LogP contribution in [0.15, 0.2) is 0 Å². The second kappa shape index (κ2) is 7.33. The minimum Gasteiger partial charge on any atom is -0.481 e. The highest BCUT2D eigenvalue weighted by atomic mass is 19.4. The minimum atomic E-state index is -4.56. The number of likely N-dealkylation sites (tertiary alicyclic amines) is 1. The molecule has 1 N–H and O–H groups in total. The number of fused-ring (bicyclic) bond motifs is 1. The number of rotatable bonds is 3. The standard InChI is InChI=1S/C15H20F3N5O4/c1-27-14(26)22-3-2-9(12(24)25)6-10(22)7-21-4-5-23-11(8-21)19-20-13(23)15(16,17)18/h9-10H,2-8H2,1H3,(H,24,25)/t9-,10-/m1/s1. The molecule has 1 amide bonds. The molecule has 0 spiro atoms. The molecule has 0 aliphatic carbocycles. The highest BCUT2D eigenvalue weighted by Crippen LogP contribution is 2.30. The summed E-state index contributed by atoms with van der Waals surface area (Å²) in [5.74, 6) is -2.31. The molecule has 9 nitrogen and oxygen atoms in total. The molecule has 0 radical (unpaired) electrons.